The van der Waals surface area contributed by atoms with Gasteiger partial charge in [0.05, 0.1) is 23.4 Å². The van der Waals surface area contributed by atoms with Crippen molar-refractivity contribution in [1.82, 2.24) is 4.57 Å². The summed E-state index contributed by atoms with van der Waals surface area (Å²) in [6.45, 7) is 2.55. The van der Waals surface area contributed by atoms with Gasteiger partial charge in [0, 0.05) is 6.54 Å². The van der Waals surface area contributed by atoms with Gasteiger partial charge in [0.25, 0.3) is 5.56 Å². The number of carbonyl (C=O) groups excluding carboxylic acids is 1. The second-order valence-corrected chi connectivity index (χ2v) is 8.26. The molecular formula is C26H25Cl2NO3. The molecule has 0 saturated carbocycles. The second kappa shape index (κ2) is 11.2. The summed E-state index contributed by atoms with van der Waals surface area (Å²) in [7, 11) is 1.35. The van der Waals surface area contributed by atoms with E-state index in [0.29, 0.717) is 29.2 Å². The molecule has 4 nitrogen and oxygen atoms in total. The number of nitrogens with zero attached hydrogens (tertiary/aromatic N) is 1. The smallest absolute Gasteiger partial charge is 0.337 e. The van der Waals surface area contributed by atoms with Crippen molar-refractivity contribution in [2.24, 2.45) is 0 Å². The molecule has 166 valence electrons. The molecule has 0 radical (unpaired) electrons. The van der Waals surface area contributed by atoms with Gasteiger partial charge in [0.1, 0.15) is 5.02 Å². The van der Waals surface area contributed by atoms with Crippen LogP contribution in [0.5, 0.6) is 0 Å². The van der Waals surface area contributed by atoms with E-state index >= 15 is 0 Å². The normalized spacial score (nSPS) is 11.1. The predicted octanol–water partition coefficient (Wildman–Crippen LogP) is 6.31. The number of hydrogen-bond acceptors (Lipinski definition) is 3. The number of carbonyl (C=O) groups is 1. The molecule has 0 bridgehead atoms. The van der Waals surface area contributed by atoms with Gasteiger partial charge in [0.15, 0.2) is 0 Å². The fraction of sp³-hybridized carbons (Fsp3) is 0.231. The molecule has 0 aliphatic heterocycles. The third-order valence-electron chi connectivity index (χ3n) is 5.16. The fourth-order valence-corrected chi connectivity index (χ4v) is 4.03. The number of aromatic nitrogens is 1. The topological polar surface area (TPSA) is 48.3 Å². The number of pyridine rings is 1. The lowest BCUT2D eigenvalue weighted by Gasteiger charge is -2.13. The average Bonchev–Trinajstić information content (AvgIpc) is 2.80. The van der Waals surface area contributed by atoms with E-state index in [1.807, 2.05) is 36.4 Å². The van der Waals surface area contributed by atoms with Crippen molar-refractivity contribution in [2.45, 2.75) is 32.7 Å². The Morgan fingerprint density at radius 1 is 0.969 bits per heavy atom. The molecule has 1 aromatic heterocycles. The van der Waals surface area contributed by atoms with Crippen molar-refractivity contribution < 1.29 is 9.53 Å². The first-order valence-electron chi connectivity index (χ1n) is 10.5. The molecule has 0 unspecified atom stereocenters. The maximum atomic E-state index is 12.8. The van der Waals surface area contributed by atoms with Gasteiger partial charge < -0.3 is 9.30 Å². The number of methoxy groups -OCH3 is 1. The Balaban J connectivity index is 1.87. The van der Waals surface area contributed by atoms with E-state index < -0.39 is 0 Å². The van der Waals surface area contributed by atoms with Crippen LogP contribution in [0.15, 0.2) is 59.4 Å². The van der Waals surface area contributed by atoms with Gasteiger partial charge in [-0.05, 0) is 53.8 Å². The maximum absolute atomic E-state index is 12.8. The van der Waals surface area contributed by atoms with Crippen LogP contribution in [0.2, 0.25) is 10.0 Å². The number of hydrogen-bond donors (Lipinski definition) is 0. The number of ether oxygens (including phenoxy) is 1. The van der Waals surface area contributed by atoms with Gasteiger partial charge in [0.2, 0.25) is 0 Å². The molecule has 6 heteroatoms. The summed E-state index contributed by atoms with van der Waals surface area (Å²) in [5.41, 5.74) is 4.08. The first kappa shape index (κ1) is 23.8. The first-order chi connectivity index (χ1) is 15.4. The minimum atomic E-state index is -0.384. The highest BCUT2D eigenvalue weighted by Crippen LogP contribution is 2.22. The van der Waals surface area contributed by atoms with Crippen molar-refractivity contribution in [2.75, 3.05) is 7.11 Å². The number of rotatable bonds is 8. The highest BCUT2D eigenvalue weighted by Gasteiger charge is 2.12. The van der Waals surface area contributed by atoms with Crippen molar-refractivity contribution in [3.8, 4) is 0 Å². The molecule has 0 atom stereocenters. The molecule has 2 aromatic carbocycles. The molecule has 3 aromatic rings. The summed E-state index contributed by atoms with van der Waals surface area (Å²) in [5, 5.41) is 0.495. The highest BCUT2D eigenvalue weighted by atomic mass is 35.5. The molecule has 0 fully saturated rings. The van der Waals surface area contributed by atoms with Crippen LogP contribution in [0.3, 0.4) is 0 Å². The zero-order valence-corrected chi connectivity index (χ0v) is 19.6. The summed E-state index contributed by atoms with van der Waals surface area (Å²) < 4.78 is 6.31. The Morgan fingerprint density at radius 2 is 1.72 bits per heavy atom. The Kier molecular flexibility index (Phi) is 8.32. The largest absolute Gasteiger partial charge is 0.465 e. The van der Waals surface area contributed by atoms with Crippen LogP contribution in [0.1, 0.15) is 46.1 Å². The third-order valence-corrected chi connectivity index (χ3v) is 5.73. The van der Waals surface area contributed by atoms with Crippen LogP contribution in [0, 0.1) is 0 Å². The van der Waals surface area contributed by atoms with Crippen LogP contribution in [0.4, 0.5) is 0 Å². The summed E-state index contributed by atoms with van der Waals surface area (Å²) in [6, 6.07) is 16.9. The van der Waals surface area contributed by atoms with E-state index in [1.54, 1.807) is 16.7 Å². The van der Waals surface area contributed by atoms with Crippen molar-refractivity contribution >= 4 is 41.3 Å². The average molecular weight is 470 g/mol. The van der Waals surface area contributed by atoms with E-state index in [2.05, 4.69) is 19.1 Å². The number of halogens is 2. The van der Waals surface area contributed by atoms with Gasteiger partial charge in [-0.1, -0.05) is 79.0 Å². The van der Waals surface area contributed by atoms with Crippen molar-refractivity contribution in [1.29, 1.82) is 0 Å². The van der Waals surface area contributed by atoms with Gasteiger partial charge in [-0.25, -0.2) is 4.79 Å². The van der Waals surface area contributed by atoms with Crippen LogP contribution in [-0.4, -0.2) is 17.6 Å². The van der Waals surface area contributed by atoms with E-state index in [-0.39, 0.29) is 16.6 Å². The van der Waals surface area contributed by atoms with Crippen molar-refractivity contribution in [3.05, 3.63) is 103 Å². The molecule has 0 saturated heterocycles. The quantitative estimate of drug-likeness (QED) is 0.363. The standard InChI is InChI=1S/C26H25Cl2NO3/c1-3-5-19-6-4-7-20(16-19)10-13-24-22(27)17-23(28)25(30)29(24)15-14-18-8-11-21(12-9-18)26(31)32-2/h4,6-13,16-17H,3,5,14-15H2,1-2H3/b13-10+. The number of esters is 1. The Morgan fingerprint density at radius 3 is 2.41 bits per heavy atom. The van der Waals surface area contributed by atoms with E-state index in [4.69, 9.17) is 27.9 Å². The van der Waals surface area contributed by atoms with E-state index in [1.165, 1.54) is 18.7 Å². The van der Waals surface area contributed by atoms with Gasteiger partial charge in [-0.15, -0.1) is 0 Å². The van der Waals surface area contributed by atoms with Crippen molar-refractivity contribution in [3.63, 3.8) is 0 Å². The molecule has 0 aliphatic rings. The predicted molar refractivity (Wildman–Crippen MR) is 132 cm³/mol. The molecule has 0 amide bonds. The second-order valence-electron chi connectivity index (χ2n) is 7.45. The summed E-state index contributed by atoms with van der Waals surface area (Å²) in [4.78, 5) is 24.4. The SMILES string of the molecule is CCCc1cccc(/C=C/c2c(Cl)cc(Cl)c(=O)n2CCc2ccc(C(=O)OC)cc2)c1. The number of benzene rings is 2. The molecule has 1 heterocycles. The highest BCUT2D eigenvalue weighted by molar-refractivity contribution is 6.35. The zero-order chi connectivity index (χ0) is 23.1. The molecule has 3 rings (SSSR count). The van der Waals surface area contributed by atoms with Crippen LogP contribution < -0.4 is 5.56 Å². The zero-order valence-electron chi connectivity index (χ0n) is 18.1. The van der Waals surface area contributed by atoms with Crippen LogP contribution in [-0.2, 0) is 24.1 Å². The van der Waals surface area contributed by atoms with E-state index in [0.717, 1.165) is 24.0 Å². The summed E-state index contributed by atoms with van der Waals surface area (Å²) >= 11 is 12.6. The fourth-order valence-electron chi connectivity index (χ4n) is 3.49. The third kappa shape index (κ3) is 5.90. The molecule has 32 heavy (non-hydrogen) atoms. The lowest BCUT2D eigenvalue weighted by molar-refractivity contribution is 0.0600. The number of aryl methyl sites for hydroxylation is 2. The lowest BCUT2D eigenvalue weighted by atomic mass is 10.1. The minimum Gasteiger partial charge on any atom is -0.465 e. The lowest BCUT2D eigenvalue weighted by Crippen LogP contribution is -2.24. The first-order valence-corrected chi connectivity index (χ1v) is 11.2. The Hall–Kier alpha value is -2.82. The Labute approximate surface area is 198 Å². The molecular weight excluding hydrogens is 445 g/mol. The van der Waals surface area contributed by atoms with Gasteiger partial charge >= 0.3 is 5.97 Å². The van der Waals surface area contributed by atoms with E-state index in [9.17, 15) is 9.59 Å². The molecule has 0 N–H and O–H groups in total. The van der Waals surface area contributed by atoms with Crippen LogP contribution in [0.25, 0.3) is 12.2 Å². The Bertz CT molecular complexity index is 1180. The molecule has 0 aliphatic carbocycles. The van der Waals surface area contributed by atoms with Gasteiger partial charge in [-0.3, -0.25) is 4.79 Å². The molecule has 0 spiro atoms. The van der Waals surface area contributed by atoms with Gasteiger partial charge in [-0.2, -0.15) is 0 Å². The van der Waals surface area contributed by atoms with Crippen LogP contribution >= 0.6 is 23.2 Å². The monoisotopic (exact) mass is 469 g/mol. The summed E-state index contributed by atoms with van der Waals surface area (Å²) in [5.74, 6) is -0.384. The summed E-state index contributed by atoms with van der Waals surface area (Å²) in [6.07, 6.45) is 6.48. The minimum absolute atomic E-state index is 0.0816. The maximum Gasteiger partial charge on any atom is 0.337 e.